The lowest BCUT2D eigenvalue weighted by Gasteiger charge is -2.32. The Hall–Kier alpha value is -2.51. The van der Waals surface area contributed by atoms with Crippen molar-refractivity contribution < 1.29 is 4.79 Å². The number of carbonyl (C=O) groups excluding carboxylic acids is 1. The van der Waals surface area contributed by atoms with Crippen molar-refractivity contribution in [2.45, 2.75) is 32.7 Å². The monoisotopic (exact) mass is 301 g/mol. The van der Waals surface area contributed by atoms with E-state index >= 15 is 0 Å². The van der Waals surface area contributed by atoms with Gasteiger partial charge in [0.1, 0.15) is 6.33 Å². The normalized spacial score (nSPS) is 18.5. The van der Waals surface area contributed by atoms with Gasteiger partial charge in [-0.2, -0.15) is 0 Å². The molecule has 0 radical (unpaired) electrons. The van der Waals surface area contributed by atoms with Crippen LogP contribution in [0.3, 0.4) is 0 Å². The molecule has 0 aromatic carbocycles. The number of rotatable bonds is 3. The summed E-state index contributed by atoms with van der Waals surface area (Å²) in [5.74, 6) is 0.187. The van der Waals surface area contributed by atoms with E-state index in [4.69, 9.17) is 5.73 Å². The van der Waals surface area contributed by atoms with Gasteiger partial charge in [0.25, 0.3) is 5.91 Å². The first kappa shape index (κ1) is 14.4. The van der Waals surface area contributed by atoms with Crippen molar-refractivity contribution in [2.75, 3.05) is 18.0 Å². The maximum Gasteiger partial charge on any atom is 0.288 e. The largest absolute Gasteiger partial charge is 0.363 e. The fourth-order valence-electron chi connectivity index (χ4n) is 2.58. The first-order valence-electron chi connectivity index (χ1n) is 7.30. The topological polar surface area (TPSA) is 103 Å². The molecule has 2 N–H and O–H groups in total. The molecular weight excluding hydrogens is 282 g/mol. The van der Waals surface area contributed by atoms with Crippen LogP contribution in [0.25, 0.3) is 0 Å². The predicted molar refractivity (Wildman–Crippen MR) is 80.5 cm³/mol. The van der Waals surface area contributed by atoms with E-state index < -0.39 is 5.91 Å². The highest BCUT2D eigenvalue weighted by atomic mass is 16.1. The van der Waals surface area contributed by atoms with Crippen LogP contribution in [-0.4, -0.2) is 43.7 Å². The summed E-state index contributed by atoms with van der Waals surface area (Å²) in [6, 6.07) is 0.138. The highest BCUT2D eigenvalue weighted by molar-refractivity contribution is 5.88. The number of nitrogens with zero attached hydrogens (tertiary/aromatic N) is 6. The molecule has 0 bridgehead atoms. The first-order valence-corrected chi connectivity index (χ1v) is 7.30. The van der Waals surface area contributed by atoms with Gasteiger partial charge in [0.05, 0.1) is 6.04 Å². The third-order valence-corrected chi connectivity index (χ3v) is 3.99. The Labute approximate surface area is 128 Å². The first-order chi connectivity index (χ1) is 10.5. The van der Waals surface area contributed by atoms with Crippen molar-refractivity contribution in [2.24, 2.45) is 5.73 Å². The average molecular weight is 301 g/mol. The van der Waals surface area contributed by atoms with E-state index in [-0.39, 0.29) is 11.9 Å². The number of nitrogens with two attached hydrogens (primary N) is 1. The number of primary amides is 1. The summed E-state index contributed by atoms with van der Waals surface area (Å²) in [6.07, 6.45) is 5.40. The fourth-order valence-corrected chi connectivity index (χ4v) is 2.58. The molecule has 2 aromatic rings. The summed E-state index contributed by atoms with van der Waals surface area (Å²) < 4.78 is 1.72. The van der Waals surface area contributed by atoms with Crippen LogP contribution in [-0.2, 0) is 0 Å². The van der Waals surface area contributed by atoms with Crippen LogP contribution in [0.2, 0.25) is 0 Å². The molecule has 1 aliphatic heterocycles. The third-order valence-electron chi connectivity index (χ3n) is 3.99. The molecule has 1 atom stereocenters. The van der Waals surface area contributed by atoms with Crippen molar-refractivity contribution in [1.82, 2.24) is 24.7 Å². The van der Waals surface area contributed by atoms with E-state index in [2.05, 4.69) is 25.0 Å². The van der Waals surface area contributed by atoms with E-state index in [1.165, 1.54) is 0 Å². The van der Waals surface area contributed by atoms with Crippen molar-refractivity contribution >= 4 is 11.9 Å². The molecule has 8 nitrogen and oxygen atoms in total. The molecule has 1 amide bonds. The zero-order valence-electron chi connectivity index (χ0n) is 12.7. The van der Waals surface area contributed by atoms with Crippen LogP contribution in [0.5, 0.6) is 0 Å². The maximum absolute atomic E-state index is 11.1. The van der Waals surface area contributed by atoms with E-state index in [0.29, 0.717) is 0 Å². The molecule has 2 aromatic heterocycles. The summed E-state index contributed by atoms with van der Waals surface area (Å²) >= 11 is 0. The lowest BCUT2D eigenvalue weighted by Crippen LogP contribution is -2.38. The standard InChI is InChI=1S/C14H19N7O/c1-9-6-16-14(18-10(9)2)20-5-3-4-11(7-20)21-8-17-13(19-21)12(15)22/h6,8,11H,3-5,7H2,1-2H3,(H2,15,22)/t11-/m1/s1. The minimum Gasteiger partial charge on any atom is -0.363 e. The van der Waals surface area contributed by atoms with Gasteiger partial charge in [-0.25, -0.2) is 19.6 Å². The minimum absolute atomic E-state index is 0.0551. The number of hydrogen-bond acceptors (Lipinski definition) is 6. The van der Waals surface area contributed by atoms with Gasteiger partial charge in [-0.05, 0) is 32.3 Å². The fraction of sp³-hybridized carbons (Fsp3) is 0.500. The lowest BCUT2D eigenvalue weighted by atomic mass is 10.1. The predicted octanol–water partition coefficient (Wildman–Crippen LogP) is 0.625. The lowest BCUT2D eigenvalue weighted by molar-refractivity contribution is 0.0990. The molecule has 1 saturated heterocycles. The van der Waals surface area contributed by atoms with Gasteiger partial charge in [0.2, 0.25) is 11.8 Å². The average Bonchev–Trinajstić information content (AvgIpc) is 3.00. The molecule has 1 aliphatic rings. The van der Waals surface area contributed by atoms with Crippen LogP contribution < -0.4 is 10.6 Å². The number of amides is 1. The molecular formula is C14H19N7O. The number of aromatic nitrogens is 5. The van der Waals surface area contributed by atoms with Gasteiger partial charge in [-0.15, -0.1) is 5.10 Å². The van der Waals surface area contributed by atoms with Crippen LogP contribution in [0.1, 0.15) is 40.8 Å². The van der Waals surface area contributed by atoms with Crippen LogP contribution in [0, 0.1) is 13.8 Å². The van der Waals surface area contributed by atoms with Crippen molar-refractivity contribution in [3.63, 3.8) is 0 Å². The quantitative estimate of drug-likeness (QED) is 0.891. The van der Waals surface area contributed by atoms with Gasteiger partial charge < -0.3 is 10.6 Å². The second-order valence-electron chi connectivity index (χ2n) is 5.59. The summed E-state index contributed by atoms with van der Waals surface area (Å²) in [7, 11) is 0. The van der Waals surface area contributed by atoms with Gasteiger partial charge in [0, 0.05) is 25.0 Å². The van der Waals surface area contributed by atoms with E-state index in [1.54, 1.807) is 11.0 Å². The zero-order valence-corrected chi connectivity index (χ0v) is 12.7. The molecule has 0 spiro atoms. The highest BCUT2D eigenvalue weighted by Crippen LogP contribution is 2.23. The van der Waals surface area contributed by atoms with Crippen molar-refractivity contribution in [3.05, 3.63) is 29.6 Å². The summed E-state index contributed by atoms with van der Waals surface area (Å²) in [5, 5.41) is 4.16. The Kier molecular flexibility index (Phi) is 3.74. The zero-order chi connectivity index (χ0) is 15.7. The molecule has 0 saturated carbocycles. The van der Waals surface area contributed by atoms with Crippen molar-refractivity contribution in [1.29, 1.82) is 0 Å². The molecule has 1 fully saturated rings. The Morgan fingerprint density at radius 2 is 2.18 bits per heavy atom. The number of hydrogen-bond donors (Lipinski definition) is 1. The minimum atomic E-state index is -0.607. The summed E-state index contributed by atoms with van der Waals surface area (Å²) in [5.41, 5.74) is 7.27. The second-order valence-corrected chi connectivity index (χ2v) is 5.59. The SMILES string of the molecule is Cc1cnc(N2CCC[C@@H](n3cnc(C(N)=O)n3)C2)nc1C. The Balaban J connectivity index is 1.78. The van der Waals surface area contributed by atoms with Gasteiger partial charge in [-0.1, -0.05) is 0 Å². The Morgan fingerprint density at radius 3 is 2.86 bits per heavy atom. The number of carbonyl (C=O) groups is 1. The molecule has 116 valence electrons. The maximum atomic E-state index is 11.1. The number of piperidine rings is 1. The molecule has 3 heterocycles. The third kappa shape index (κ3) is 2.76. The van der Waals surface area contributed by atoms with Crippen LogP contribution in [0.4, 0.5) is 5.95 Å². The van der Waals surface area contributed by atoms with E-state index in [0.717, 1.165) is 43.1 Å². The smallest absolute Gasteiger partial charge is 0.288 e. The molecule has 22 heavy (non-hydrogen) atoms. The van der Waals surface area contributed by atoms with Crippen LogP contribution in [0.15, 0.2) is 12.5 Å². The number of aryl methyl sites for hydroxylation is 2. The molecule has 0 unspecified atom stereocenters. The molecule has 0 aliphatic carbocycles. The summed E-state index contributed by atoms with van der Waals surface area (Å²) in [4.78, 5) is 26.2. The Morgan fingerprint density at radius 1 is 1.36 bits per heavy atom. The Bertz CT molecular complexity index is 696. The summed E-state index contributed by atoms with van der Waals surface area (Å²) in [6.45, 7) is 5.64. The van der Waals surface area contributed by atoms with Gasteiger partial charge in [0.15, 0.2) is 0 Å². The second kappa shape index (κ2) is 5.70. The molecule has 8 heteroatoms. The van der Waals surface area contributed by atoms with E-state index in [1.807, 2.05) is 20.0 Å². The van der Waals surface area contributed by atoms with Gasteiger partial charge >= 0.3 is 0 Å². The van der Waals surface area contributed by atoms with E-state index in [9.17, 15) is 4.79 Å². The van der Waals surface area contributed by atoms with Crippen LogP contribution >= 0.6 is 0 Å². The van der Waals surface area contributed by atoms with Gasteiger partial charge in [-0.3, -0.25) is 4.79 Å². The van der Waals surface area contributed by atoms with Crippen molar-refractivity contribution in [3.8, 4) is 0 Å². The number of anilines is 1. The highest BCUT2D eigenvalue weighted by Gasteiger charge is 2.24. The molecule has 3 rings (SSSR count).